The van der Waals surface area contributed by atoms with Crippen LogP contribution in [-0.4, -0.2) is 51.1 Å². The lowest BCUT2D eigenvalue weighted by Crippen LogP contribution is -2.34. The maximum absolute atomic E-state index is 11.7. The van der Waals surface area contributed by atoms with E-state index in [1.807, 2.05) is 0 Å². The second-order valence-electron chi connectivity index (χ2n) is 5.40. The van der Waals surface area contributed by atoms with Gasteiger partial charge in [0.15, 0.2) is 6.79 Å². The van der Waals surface area contributed by atoms with Crippen molar-refractivity contribution in [2.24, 2.45) is 10.8 Å². The first-order chi connectivity index (χ1) is 7.51. The van der Waals surface area contributed by atoms with Gasteiger partial charge in [0, 0.05) is 44.1 Å². The highest BCUT2D eigenvalue weighted by molar-refractivity contribution is 5.68. The number of hydrogen-bond donors (Lipinski definition) is 1. The molecule has 2 unspecified atom stereocenters. The van der Waals surface area contributed by atoms with Gasteiger partial charge >= 0.3 is 6.09 Å². The first-order valence-corrected chi connectivity index (χ1v) is 5.62. The average Bonchev–Trinajstić information content (AvgIpc) is 2.63. The van der Waals surface area contributed by atoms with E-state index in [0.29, 0.717) is 0 Å². The maximum atomic E-state index is 11.7. The largest absolute Gasteiger partial charge is 0.422 e. The molecule has 0 aromatic heterocycles. The third kappa shape index (κ3) is 1.68. The van der Waals surface area contributed by atoms with Crippen molar-refractivity contribution in [1.29, 1.82) is 0 Å². The van der Waals surface area contributed by atoms with Crippen LogP contribution >= 0.6 is 0 Å². The molecule has 2 aliphatic heterocycles. The molecule has 1 amide bonds. The van der Waals surface area contributed by atoms with E-state index >= 15 is 0 Å². The van der Waals surface area contributed by atoms with Crippen molar-refractivity contribution < 1.29 is 14.3 Å². The zero-order chi connectivity index (χ0) is 11.8. The SMILES string of the molecule is COCOC(=O)N1CC2(C)CNCC2(C)C1. The van der Waals surface area contributed by atoms with Crippen LogP contribution in [0.3, 0.4) is 0 Å². The molecular weight excluding hydrogens is 208 g/mol. The van der Waals surface area contributed by atoms with E-state index in [9.17, 15) is 4.79 Å². The molecular formula is C11H20N2O3. The Bertz CT molecular complexity index is 279. The van der Waals surface area contributed by atoms with Crippen LogP contribution in [0.25, 0.3) is 0 Å². The molecule has 92 valence electrons. The number of rotatable bonds is 2. The van der Waals surface area contributed by atoms with Crippen molar-refractivity contribution in [2.75, 3.05) is 40.1 Å². The van der Waals surface area contributed by atoms with Crippen molar-refractivity contribution in [2.45, 2.75) is 13.8 Å². The van der Waals surface area contributed by atoms with Gasteiger partial charge in [0.1, 0.15) is 0 Å². The number of amides is 1. The third-order valence-electron chi connectivity index (χ3n) is 4.13. The van der Waals surface area contributed by atoms with Gasteiger partial charge in [0.25, 0.3) is 0 Å². The van der Waals surface area contributed by atoms with Gasteiger partial charge in [-0.15, -0.1) is 0 Å². The summed E-state index contributed by atoms with van der Waals surface area (Å²) in [5, 5.41) is 3.40. The molecule has 0 aromatic rings. The molecule has 2 saturated heterocycles. The van der Waals surface area contributed by atoms with Gasteiger partial charge in [-0.05, 0) is 0 Å². The molecule has 2 heterocycles. The molecule has 5 heteroatoms. The van der Waals surface area contributed by atoms with Crippen LogP contribution in [0.15, 0.2) is 0 Å². The minimum atomic E-state index is -0.265. The van der Waals surface area contributed by atoms with Gasteiger partial charge in [-0.2, -0.15) is 0 Å². The Kier molecular flexibility index (Phi) is 2.84. The maximum Gasteiger partial charge on any atom is 0.411 e. The smallest absolute Gasteiger partial charge is 0.411 e. The summed E-state index contributed by atoms with van der Waals surface area (Å²) < 4.78 is 9.71. The fourth-order valence-electron chi connectivity index (χ4n) is 2.76. The highest BCUT2D eigenvalue weighted by Crippen LogP contribution is 2.48. The number of carbonyl (C=O) groups is 1. The Hall–Kier alpha value is -0.810. The van der Waals surface area contributed by atoms with Crippen molar-refractivity contribution in [3.05, 3.63) is 0 Å². The van der Waals surface area contributed by atoms with Crippen LogP contribution in [0.5, 0.6) is 0 Å². The van der Waals surface area contributed by atoms with Crippen molar-refractivity contribution in [1.82, 2.24) is 10.2 Å². The summed E-state index contributed by atoms with van der Waals surface area (Å²) in [7, 11) is 1.51. The molecule has 0 saturated carbocycles. The van der Waals surface area contributed by atoms with E-state index in [1.54, 1.807) is 4.90 Å². The van der Waals surface area contributed by atoms with Gasteiger partial charge in [-0.1, -0.05) is 13.8 Å². The van der Waals surface area contributed by atoms with E-state index < -0.39 is 0 Å². The first kappa shape index (κ1) is 11.7. The molecule has 0 spiro atoms. The summed E-state index contributed by atoms with van der Waals surface area (Å²) in [6.07, 6.45) is -0.265. The van der Waals surface area contributed by atoms with E-state index in [4.69, 9.17) is 9.47 Å². The molecule has 16 heavy (non-hydrogen) atoms. The van der Waals surface area contributed by atoms with Crippen molar-refractivity contribution in [3.8, 4) is 0 Å². The van der Waals surface area contributed by atoms with Crippen LogP contribution in [0.4, 0.5) is 4.79 Å². The summed E-state index contributed by atoms with van der Waals surface area (Å²) >= 11 is 0. The summed E-state index contributed by atoms with van der Waals surface area (Å²) in [5.74, 6) is 0. The average molecular weight is 228 g/mol. The normalized spacial score (nSPS) is 37.6. The Balaban J connectivity index is 2.00. The summed E-state index contributed by atoms with van der Waals surface area (Å²) in [6.45, 7) is 7.96. The molecule has 0 radical (unpaired) electrons. The predicted octanol–water partition coefficient (Wildman–Crippen LogP) is 0.658. The van der Waals surface area contributed by atoms with E-state index in [0.717, 1.165) is 26.2 Å². The van der Waals surface area contributed by atoms with E-state index in [1.165, 1.54) is 7.11 Å². The van der Waals surface area contributed by atoms with Crippen LogP contribution in [-0.2, 0) is 9.47 Å². The second kappa shape index (κ2) is 3.89. The Morgan fingerprint density at radius 2 is 1.88 bits per heavy atom. The van der Waals surface area contributed by atoms with Gasteiger partial charge in [0.05, 0.1) is 0 Å². The van der Waals surface area contributed by atoms with Gasteiger partial charge in [-0.25, -0.2) is 4.79 Å². The Morgan fingerprint density at radius 3 is 2.38 bits per heavy atom. The Labute approximate surface area is 96.1 Å². The standard InChI is InChI=1S/C11H20N2O3/c1-10-4-12-5-11(10,2)7-13(6-10)9(14)16-8-15-3/h12H,4-8H2,1-3H3. The number of likely N-dealkylation sites (tertiary alicyclic amines) is 1. The van der Waals surface area contributed by atoms with E-state index in [-0.39, 0.29) is 23.7 Å². The highest BCUT2D eigenvalue weighted by atomic mass is 16.7. The van der Waals surface area contributed by atoms with Gasteiger partial charge < -0.3 is 19.7 Å². The molecule has 0 aliphatic carbocycles. The summed E-state index contributed by atoms with van der Waals surface area (Å²) in [6, 6.07) is 0. The zero-order valence-electron chi connectivity index (χ0n) is 10.2. The first-order valence-electron chi connectivity index (χ1n) is 5.62. The molecule has 2 atom stereocenters. The van der Waals surface area contributed by atoms with Crippen molar-refractivity contribution in [3.63, 3.8) is 0 Å². The van der Waals surface area contributed by atoms with Crippen LogP contribution in [0.2, 0.25) is 0 Å². The third-order valence-corrected chi connectivity index (χ3v) is 4.13. The Morgan fingerprint density at radius 1 is 1.31 bits per heavy atom. The fraction of sp³-hybridized carbons (Fsp3) is 0.909. The molecule has 0 bridgehead atoms. The van der Waals surface area contributed by atoms with E-state index in [2.05, 4.69) is 19.2 Å². The fourth-order valence-corrected chi connectivity index (χ4v) is 2.76. The quantitative estimate of drug-likeness (QED) is 0.705. The predicted molar refractivity (Wildman–Crippen MR) is 59.0 cm³/mol. The number of nitrogens with one attached hydrogen (secondary N) is 1. The topological polar surface area (TPSA) is 50.8 Å². The summed E-state index contributed by atoms with van der Waals surface area (Å²) in [4.78, 5) is 13.5. The van der Waals surface area contributed by atoms with Crippen LogP contribution in [0, 0.1) is 10.8 Å². The molecule has 5 nitrogen and oxygen atoms in total. The lowest BCUT2D eigenvalue weighted by atomic mass is 9.71. The molecule has 2 rings (SSSR count). The number of hydrogen-bond acceptors (Lipinski definition) is 4. The lowest BCUT2D eigenvalue weighted by Gasteiger charge is -2.30. The number of nitrogens with zero attached hydrogens (tertiary/aromatic N) is 1. The monoisotopic (exact) mass is 228 g/mol. The van der Waals surface area contributed by atoms with Crippen LogP contribution in [0.1, 0.15) is 13.8 Å². The second-order valence-corrected chi connectivity index (χ2v) is 5.40. The van der Waals surface area contributed by atoms with Gasteiger partial charge in [0.2, 0.25) is 0 Å². The molecule has 2 aliphatic rings. The number of fused-ring (bicyclic) bond motifs is 1. The number of methoxy groups -OCH3 is 1. The molecule has 2 fully saturated rings. The zero-order valence-corrected chi connectivity index (χ0v) is 10.2. The van der Waals surface area contributed by atoms with Crippen LogP contribution < -0.4 is 5.32 Å². The van der Waals surface area contributed by atoms with Gasteiger partial charge in [-0.3, -0.25) is 0 Å². The minimum absolute atomic E-state index is 0.0288. The highest BCUT2D eigenvalue weighted by Gasteiger charge is 2.56. The molecule has 0 aromatic carbocycles. The number of ether oxygens (including phenoxy) is 2. The number of carbonyl (C=O) groups excluding carboxylic acids is 1. The summed E-state index contributed by atoms with van der Waals surface area (Å²) in [5.41, 5.74) is 0.332. The molecule has 1 N–H and O–H groups in total. The van der Waals surface area contributed by atoms with Crippen molar-refractivity contribution >= 4 is 6.09 Å². The lowest BCUT2D eigenvalue weighted by molar-refractivity contribution is -0.00337. The minimum Gasteiger partial charge on any atom is -0.422 e.